The van der Waals surface area contributed by atoms with Gasteiger partial charge in [0.05, 0.1) is 6.42 Å². The predicted molar refractivity (Wildman–Crippen MR) is 96.1 cm³/mol. The molecular formula is C19H14N4O2. The first-order valence-electron chi connectivity index (χ1n) is 7.99. The Labute approximate surface area is 143 Å². The smallest absolute Gasteiger partial charge is 0.231 e. The van der Waals surface area contributed by atoms with Gasteiger partial charge >= 0.3 is 0 Å². The number of hydrogen-bond donors (Lipinski definition) is 1. The van der Waals surface area contributed by atoms with E-state index in [1.165, 1.54) is 6.33 Å². The quantitative estimate of drug-likeness (QED) is 0.607. The summed E-state index contributed by atoms with van der Waals surface area (Å²) in [5.74, 6) is 0.715. The molecule has 0 fully saturated rings. The highest BCUT2D eigenvalue weighted by molar-refractivity contribution is 6.06. The topological polar surface area (TPSA) is 71.3 Å². The van der Waals surface area contributed by atoms with Crippen LogP contribution in [0.3, 0.4) is 0 Å². The second-order valence-electron chi connectivity index (χ2n) is 6.10. The zero-order chi connectivity index (χ0) is 17.0. The van der Waals surface area contributed by atoms with Crippen molar-refractivity contribution < 1.29 is 9.21 Å². The molecule has 1 N–H and O–H groups in total. The van der Waals surface area contributed by atoms with E-state index in [9.17, 15) is 4.79 Å². The van der Waals surface area contributed by atoms with E-state index in [4.69, 9.17) is 4.42 Å². The zero-order valence-corrected chi connectivity index (χ0v) is 13.5. The second kappa shape index (κ2) is 5.04. The van der Waals surface area contributed by atoms with Crippen LogP contribution in [0.1, 0.15) is 5.56 Å². The average molecular weight is 330 g/mol. The molecule has 0 atom stereocenters. The second-order valence-corrected chi connectivity index (χ2v) is 6.10. The Hall–Kier alpha value is -3.41. The Bertz CT molecular complexity index is 1150. The lowest BCUT2D eigenvalue weighted by molar-refractivity contribution is -0.117. The molecule has 0 radical (unpaired) electrons. The molecule has 1 amide bonds. The maximum atomic E-state index is 11.8. The van der Waals surface area contributed by atoms with E-state index in [0.29, 0.717) is 17.8 Å². The van der Waals surface area contributed by atoms with Gasteiger partial charge in [0.25, 0.3) is 0 Å². The lowest BCUT2D eigenvalue weighted by atomic mass is 10.1. The van der Waals surface area contributed by atoms with Crippen LogP contribution < -0.4 is 10.2 Å². The minimum Gasteiger partial charge on any atom is -0.450 e. The molecule has 1 aliphatic heterocycles. The minimum absolute atomic E-state index is 0.105. The number of nitrogens with zero attached hydrogens (tertiary/aromatic N) is 3. The van der Waals surface area contributed by atoms with Crippen LogP contribution in [-0.4, -0.2) is 22.9 Å². The number of aromatic nitrogens is 2. The third kappa shape index (κ3) is 2.07. The normalized spacial score (nSPS) is 13.6. The summed E-state index contributed by atoms with van der Waals surface area (Å²) in [6.45, 7) is 0. The summed E-state index contributed by atoms with van der Waals surface area (Å²) in [5, 5.41) is 4.25. The Balaban J connectivity index is 1.59. The molecule has 0 bridgehead atoms. The molecule has 0 saturated carbocycles. The first kappa shape index (κ1) is 14.0. The summed E-state index contributed by atoms with van der Waals surface area (Å²) in [6.07, 6.45) is 1.95. The van der Waals surface area contributed by atoms with Gasteiger partial charge in [0.1, 0.15) is 17.4 Å². The van der Waals surface area contributed by atoms with Gasteiger partial charge in [0, 0.05) is 23.8 Å². The third-order valence-electron chi connectivity index (χ3n) is 4.58. The van der Waals surface area contributed by atoms with Crippen LogP contribution in [0.25, 0.3) is 22.1 Å². The third-order valence-corrected chi connectivity index (χ3v) is 4.58. The number of anilines is 3. The van der Waals surface area contributed by atoms with Crippen molar-refractivity contribution in [2.45, 2.75) is 6.42 Å². The van der Waals surface area contributed by atoms with Gasteiger partial charge < -0.3 is 14.6 Å². The van der Waals surface area contributed by atoms with Gasteiger partial charge in [-0.25, -0.2) is 9.97 Å². The number of carbonyl (C=O) groups is 1. The number of benzene rings is 2. The minimum atomic E-state index is 0.105. The molecule has 3 heterocycles. The number of nitrogens with one attached hydrogen (secondary N) is 1. The molecule has 0 spiro atoms. The van der Waals surface area contributed by atoms with Crippen LogP contribution in [0.15, 0.2) is 53.2 Å². The molecule has 6 heteroatoms. The summed E-state index contributed by atoms with van der Waals surface area (Å²) in [6, 6.07) is 13.6. The fourth-order valence-electron chi connectivity index (χ4n) is 3.30. The van der Waals surface area contributed by atoms with E-state index in [-0.39, 0.29) is 5.91 Å². The highest BCUT2D eigenvalue weighted by Gasteiger charge is 2.24. The fraction of sp³-hybridized carbons (Fsp3) is 0.105. The van der Waals surface area contributed by atoms with Gasteiger partial charge in [0.2, 0.25) is 5.91 Å². The zero-order valence-electron chi connectivity index (χ0n) is 13.5. The molecule has 2 aromatic heterocycles. The Morgan fingerprint density at radius 2 is 2.04 bits per heavy atom. The number of fused-ring (bicyclic) bond motifs is 4. The Kier molecular flexibility index (Phi) is 2.82. The number of furan rings is 1. The number of carbonyl (C=O) groups excluding carboxylic acids is 1. The van der Waals surface area contributed by atoms with E-state index < -0.39 is 0 Å². The lowest BCUT2D eigenvalue weighted by Crippen LogP contribution is -2.20. The fourth-order valence-corrected chi connectivity index (χ4v) is 3.30. The highest BCUT2D eigenvalue weighted by atomic mass is 16.3. The molecule has 2 aromatic carbocycles. The monoisotopic (exact) mass is 330 g/mol. The van der Waals surface area contributed by atoms with Crippen molar-refractivity contribution >= 4 is 45.2 Å². The summed E-state index contributed by atoms with van der Waals surface area (Å²) in [5.41, 5.74) is 5.01. The Morgan fingerprint density at radius 1 is 1.16 bits per heavy atom. The van der Waals surface area contributed by atoms with Gasteiger partial charge in [-0.15, -0.1) is 0 Å². The van der Waals surface area contributed by atoms with Crippen LogP contribution in [0.5, 0.6) is 0 Å². The van der Waals surface area contributed by atoms with Crippen molar-refractivity contribution in [1.82, 2.24) is 9.97 Å². The maximum absolute atomic E-state index is 11.8. The lowest BCUT2D eigenvalue weighted by Gasteiger charge is -2.11. The van der Waals surface area contributed by atoms with Crippen molar-refractivity contribution in [3.63, 3.8) is 0 Å². The largest absolute Gasteiger partial charge is 0.450 e. The molecule has 5 rings (SSSR count). The van der Waals surface area contributed by atoms with Crippen LogP contribution in [-0.2, 0) is 11.2 Å². The van der Waals surface area contributed by atoms with Gasteiger partial charge in [0.15, 0.2) is 11.4 Å². The summed E-state index contributed by atoms with van der Waals surface area (Å²) in [4.78, 5) is 22.2. The van der Waals surface area contributed by atoms with E-state index in [1.54, 1.807) is 11.9 Å². The molecule has 0 unspecified atom stereocenters. The number of rotatable bonds is 2. The summed E-state index contributed by atoms with van der Waals surface area (Å²) in [7, 11) is 1.80. The van der Waals surface area contributed by atoms with Crippen molar-refractivity contribution in [2.24, 2.45) is 0 Å². The molecule has 25 heavy (non-hydrogen) atoms. The van der Waals surface area contributed by atoms with Crippen LogP contribution in [0, 0.1) is 0 Å². The molecule has 0 aliphatic carbocycles. The van der Waals surface area contributed by atoms with Gasteiger partial charge in [-0.1, -0.05) is 12.1 Å². The van der Waals surface area contributed by atoms with E-state index in [0.717, 1.165) is 33.4 Å². The van der Waals surface area contributed by atoms with E-state index in [1.807, 2.05) is 42.5 Å². The van der Waals surface area contributed by atoms with E-state index >= 15 is 0 Å². The van der Waals surface area contributed by atoms with Crippen molar-refractivity contribution in [3.05, 3.63) is 54.4 Å². The number of likely N-dealkylation sites (N-methyl/N-ethyl adjacent to an activating group) is 1. The van der Waals surface area contributed by atoms with Crippen LogP contribution in [0.4, 0.5) is 17.2 Å². The molecule has 0 saturated heterocycles. The van der Waals surface area contributed by atoms with Crippen molar-refractivity contribution in [1.29, 1.82) is 0 Å². The molecular weight excluding hydrogens is 316 g/mol. The Morgan fingerprint density at radius 3 is 2.96 bits per heavy atom. The highest BCUT2D eigenvalue weighted by Crippen LogP contribution is 2.34. The number of amides is 1. The van der Waals surface area contributed by atoms with Crippen LogP contribution in [0.2, 0.25) is 0 Å². The molecule has 6 nitrogen and oxygen atoms in total. The van der Waals surface area contributed by atoms with Gasteiger partial charge in [-0.2, -0.15) is 0 Å². The van der Waals surface area contributed by atoms with Crippen molar-refractivity contribution in [3.8, 4) is 0 Å². The molecule has 1 aliphatic rings. The standard InChI is InChI=1S/C19H14N4O2/c1-23-14-7-6-12(8-11(14)9-16(23)24)22-19-18-17(20-10-21-19)13-4-2-3-5-15(13)25-18/h2-8,10H,9H2,1H3,(H,20,21,22). The first-order valence-corrected chi connectivity index (χ1v) is 7.99. The predicted octanol–water partition coefficient (Wildman–Crippen LogP) is 3.64. The SMILES string of the molecule is CN1C(=O)Cc2cc(Nc3ncnc4c3oc3ccccc34)ccc21. The van der Waals surface area contributed by atoms with Gasteiger partial charge in [-0.3, -0.25) is 4.79 Å². The average Bonchev–Trinajstić information content (AvgIpc) is 3.14. The molecule has 122 valence electrons. The van der Waals surface area contributed by atoms with Gasteiger partial charge in [-0.05, 0) is 35.9 Å². The summed E-state index contributed by atoms with van der Waals surface area (Å²) < 4.78 is 5.93. The first-order chi connectivity index (χ1) is 12.2. The van der Waals surface area contributed by atoms with Crippen LogP contribution >= 0.6 is 0 Å². The number of para-hydroxylation sites is 1. The number of hydrogen-bond acceptors (Lipinski definition) is 5. The summed E-state index contributed by atoms with van der Waals surface area (Å²) >= 11 is 0. The maximum Gasteiger partial charge on any atom is 0.231 e. The molecule has 4 aromatic rings. The van der Waals surface area contributed by atoms with Crippen molar-refractivity contribution in [2.75, 3.05) is 17.3 Å². The van der Waals surface area contributed by atoms with E-state index in [2.05, 4.69) is 15.3 Å².